The first-order valence-corrected chi connectivity index (χ1v) is 9.57. The Morgan fingerprint density at radius 1 is 1.15 bits per heavy atom. The number of anilines is 1. The van der Waals surface area contributed by atoms with Crippen molar-refractivity contribution in [3.05, 3.63) is 59.3 Å². The van der Waals surface area contributed by atoms with Crippen molar-refractivity contribution in [1.82, 2.24) is 15.2 Å². The third kappa shape index (κ3) is 3.62. The summed E-state index contributed by atoms with van der Waals surface area (Å²) in [5.74, 6) is 0.984. The standard InChI is InChI=1S/C21H26N4O2/c1-16-9-10-17(19(23-16)24-11-5-6-12-24)13-22-20(26)25-14-21(27,15-25)18-7-3-2-4-8-18/h2-4,7-10,27H,5-6,11-15H2,1H3,(H,22,26). The molecule has 0 radical (unpaired) electrons. The fraction of sp³-hybridized carbons (Fsp3) is 0.429. The van der Waals surface area contributed by atoms with Crippen molar-refractivity contribution in [3.8, 4) is 0 Å². The van der Waals surface area contributed by atoms with Crippen LogP contribution in [0.25, 0.3) is 0 Å². The second kappa shape index (κ2) is 7.19. The molecule has 3 heterocycles. The number of amides is 2. The van der Waals surface area contributed by atoms with Crippen LogP contribution in [0.5, 0.6) is 0 Å². The van der Waals surface area contributed by atoms with E-state index in [1.165, 1.54) is 12.8 Å². The average Bonchev–Trinajstić information content (AvgIpc) is 3.19. The van der Waals surface area contributed by atoms with Crippen molar-refractivity contribution < 1.29 is 9.90 Å². The maximum atomic E-state index is 12.5. The maximum absolute atomic E-state index is 12.5. The number of aliphatic hydroxyl groups is 1. The number of nitrogens with zero attached hydrogens (tertiary/aromatic N) is 3. The average molecular weight is 366 g/mol. The Kier molecular flexibility index (Phi) is 4.74. The van der Waals surface area contributed by atoms with E-state index in [1.54, 1.807) is 4.90 Å². The highest BCUT2D eigenvalue weighted by molar-refractivity contribution is 5.76. The molecule has 2 N–H and O–H groups in total. The molecule has 2 amide bonds. The van der Waals surface area contributed by atoms with Gasteiger partial charge in [-0.2, -0.15) is 0 Å². The summed E-state index contributed by atoms with van der Waals surface area (Å²) in [6.07, 6.45) is 2.38. The molecule has 2 aliphatic rings. The molecule has 0 aliphatic carbocycles. The Bertz CT molecular complexity index is 812. The lowest BCUT2D eigenvalue weighted by Gasteiger charge is -2.46. The van der Waals surface area contributed by atoms with Crippen molar-refractivity contribution >= 4 is 11.8 Å². The molecule has 2 saturated heterocycles. The van der Waals surface area contributed by atoms with E-state index >= 15 is 0 Å². The number of likely N-dealkylation sites (tertiary alicyclic amines) is 1. The highest BCUT2D eigenvalue weighted by Crippen LogP contribution is 2.31. The molecule has 2 aliphatic heterocycles. The molecule has 142 valence electrons. The Morgan fingerprint density at radius 3 is 2.56 bits per heavy atom. The molecule has 1 aromatic heterocycles. The molecule has 27 heavy (non-hydrogen) atoms. The topological polar surface area (TPSA) is 68.7 Å². The van der Waals surface area contributed by atoms with Crippen LogP contribution in [0.3, 0.4) is 0 Å². The Hall–Kier alpha value is -2.60. The van der Waals surface area contributed by atoms with E-state index in [-0.39, 0.29) is 6.03 Å². The van der Waals surface area contributed by atoms with Crippen LogP contribution < -0.4 is 10.2 Å². The molecular weight excluding hydrogens is 340 g/mol. The van der Waals surface area contributed by atoms with E-state index in [4.69, 9.17) is 4.98 Å². The number of benzene rings is 1. The minimum Gasteiger partial charge on any atom is -0.381 e. The quantitative estimate of drug-likeness (QED) is 0.872. The molecule has 2 fully saturated rings. The van der Waals surface area contributed by atoms with Gasteiger partial charge in [-0.25, -0.2) is 9.78 Å². The molecule has 2 aromatic rings. The zero-order valence-electron chi connectivity index (χ0n) is 15.7. The van der Waals surface area contributed by atoms with E-state index in [0.717, 1.165) is 35.7 Å². The SMILES string of the molecule is Cc1ccc(CNC(=O)N2CC(O)(c3ccccc3)C2)c(N2CCCC2)n1. The summed E-state index contributed by atoms with van der Waals surface area (Å²) in [5.41, 5.74) is 1.94. The second-order valence-electron chi connectivity index (χ2n) is 7.54. The van der Waals surface area contributed by atoms with Gasteiger partial charge in [0.25, 0.3) is 0 Å². The predicted octanol–water partition coefficient (Wildman–Crippen LogP) is 2.40. The van der Waals surface area contributed by atoms with Crippen molar-refractivity contribution in [2.75, 3.05) is 31.1 Å². The van der Waals surface area contributed by atoms with Gasteiger partial charge >= 0.3 is 6.03 Å². The van der Waals surface area contributed by atoms with Crippen molar-refractivity contribution in [1.29, 1.82) is 0 Å². The summed E-state index contributed by atoms with van der Waals surface area (Å²) in [6.45, 7) is 5.11. The zero-order valence-corrected chi connectivity index (χ0v) is 15.7. The summed E-state index contributed by atoms with van der Waals surface area (Å²) in [7, 11) is 0. The van der Waals surface area contributed by atoms with Gasteiger partial charge in [-0.3, -0.25) is 0 Å². The maximum Gasteiger partial charge on any atom is 0.317 e. The van der Waals surface area contributed by atoms with Crippen molar-refractivity contribution in [2.24, 2.45) is 0 Å². The number of carbonyl (C=O) groups is 1. The molecule has 1 aromatic carbocycles. The third-order valence-corrected chi connectivity index (χ3v) is 5.43. The first-order valence-electron chi connectivity index (χ1n) is 9.57. The fourth-order valence-electron chi connectivity index (χ4n) is 3.85. The first-order chi connectivity index (χ1) is 13.0. The van der Waals surface area contributed by atoms with E-state index in [9.17, 15) is 9.90 Å². The van der Waals surface area contributed by atoms with Gasteiger partial charge < -0.3 is 20.2 Å². The number of nitrogens with one attached hydrogen (secondary N) is 1. The van der Waals surface area contributed by atoms with Crippen LogP contribution in [0, 0.1) is 6.92 Å². The van der Waals surface area contributed by atoms with Gasteiger partial charge in [0.05, 0.1) is 13.1 Å². The highest BCUT2D eigenvalue weighted by atomic mass is 16.3. The number of hydrogen-bond donors (Lipinski definition) is 2. The molecule has 0 unspecified atom stereocenters. The number of hydrogen-bond acceptors (Lipinski definition) is 4. The lowest BCUT2D eigenvalue weighted by atomic mass is 9.86. The van der Waals surface area contributed by atoms with Crippen LogP contribution in [0.15, 0.2) is 42.5 Å². The normalized spacial score (nSPS) is 18.3. The summed E-state index contributed by atoms with van der Waals surface area (Å²) >= 11 is 0. The minimum atomic E-state index is -0.940. The Balaban J connectivity index is 1.37. The Labute approximate surface area is 159 Å². The molecule has 0 atom stereocenters. The number of pyridine rings is 1. The second-order valence-corrected chi connectivity index (χ2v) is 7.54. The molecular formula is C21H26N4O2. The van der Waals surface area contributed by atoms with Gasteiger partial charge in [0, 0.05) is 30.9 Å². The van der Waals surface area contributed by atoms with Crippen molar-refractivity contribution in [3.63, 3.8) is 0 Å². The predicted molar refractivity (Wildman–Crippen MR) is 105 cm³/mol. The minimum absolute atomic E-state index is 0.149. The van der Waals surface area contributed by atoms with Crippen LogP contribution in [0.1, 0.15) is 29.7 Å². The third-order valence-electron chi connectivity index (χ3n) is 5.43. The largest absolute Gasteiger partial charge is 0.381 e. The molecule has 0 bridgehead atoms. The molecule has 4 rings (SSSR count). The number of rotatable bonds is 4. The van der Waals surface area contributed by atoms with Crippen molar-refractivity contribution in [2.45, 2.75) is 31.9 Å². The van der Waals surface area contributed by atoms with Gasteiger partial charge in [-0.15, -0.1) is 0 Å². The monoisotopic (exact) mass is 366 g/mol. The Morgan fingerprint density at radius 2 is 1.85 bits per heavy atom. The number of urea groups is 1. The van der Waals surface area contributed by atoms with E-state index in [0.29, 0.717) is 19.6 Å². The molecule has 6 nitrogen and oxygen atoms in total. The zero-order chi connectivity index (χ0) is 18.9. The van der Waals surface area contributed by atoms with Crippen LogP contribution in [-0.2, 0) is 12.1 Å². The number of carbonyl (C=O) groups excluding carboxylic acids is 1. The van der Waals surface area contributed by atoms with Crippen LogP contribution in [0.4, 0.5) is 10.6 Å². The van der Waals surface area contributed by atoms with E-state index < -0.39 is 5.60 Å². The van der Waals surface area contributed by atoms with Gasteiger partial charge in [0.15, 0.2) is 0 Å². The van der Waals surface area contributed by atoms with Gasteiger partial charge in [-0.05, 0) is 31.4 Å². The summed E-state index contributed by atoms with van der Waals surface area (Å²) in [6, 6.07) is 13.4. The molecule has 6 heteroatoms. The van der Waals surface area contributed by atoms with Gasteiger partial charge in [0.1, 0.15) is 11.4 Å². The van der Waals surface area contributed by atoms with Crippen LogP contribution >= 0.6 is 0 Å². The van der Waals surface area contributed by atoms with Gasteiger partial charge in [0.2, 0.25) is 0 Å². The van der Waals surface area contributed by atoms with Crippen LogP contribution in [0.2, 0.25) is 0 Å². The van der Waals surface area contributed by atoms with E-state index in [2.05, 4.69) is 10.2 Å². The number of aromatic nitrogens is 1. The smallest absolute Gasteiger partial charge is 0.317 e. The molecule has 0 saturated carbocycles. The molecule has 0 spiro atoms. The van der Waals surface area contributed by atoms with Gasteiger partial charge in [-0.1, -0.05) is 36.4 Å². The highest BCUT2D eigenvalue weighted by Gasteiger charge is 2.44. The fourth-order valence-corrected chi connectivity index (χ4v) is 3.85. The number of β-amino-alcohol motifs (C(OH)–C–C–N with tert-alkyl or cyclic N) is 1. The summed E-state index contributed by atoms with van der Waals surface area (Å²) < 4.78 is 0. The number of aryl methyl sites for hydroxylation is 1. The van der Waals surface area contributed by atoms with E-state index in [1.807, 2.05) is 49.4 Å². The first kappa shape index (κ1) is 17.8. The van der Waals surface area contributed by atoms with Crippen LogP contribution in [-0.4, -0.2) is 47.2 Å². The lowest BCUT2D eigenvalue weighted by Crippen LogP contribution is -2.63. The summed E-state index contributed by atoms with van der Waals surface area (Å²) in [5, 5.41) is 13.6. The summed E-state index contributed by atoms with van der Waals surface area (Å²) in [4.78, 5) is 21.1. The lowest BCUT2D eigenvalue weighted by molar-refractivity contribution is -0.0816.